The zero-order chi connectivity index (χ0) is 23.7. The lowest BCUT2D eigenvalue weighted by Gasteiger charge is -2.11. The number of aromatic nitrogens is 1. The minimum absolute atomic E-state index is 0.0116. The van der Waals surface area contributed by atoms with Gasteiger partial charge in [0.25, 0.3) is 5.91 Å². The summed E-state index contributed by atoms with van der Waals surface area (Å²) in [6, 6.07) is 12.4. The van der Waals surface area contributed by atoms with Crippen LogP contribution in [0.2, 0.25) is 0 Å². The van der Waals surface area contributed by atoms with Gasteiger partial charge in [-0.2, -0.15) is 10.5 Å². The second-order valence-electron chi connectivity index (χ2n) is 8.25. The molecule has 2 heterocycles. The minimum atomic E-state index is -0.489. The molecular formula is C26H23BrN4OS. The molecule has 33 heavy (non-hydrogen) atoms. The van der Waals surface area contributed by atoms with Gasteiger partial charge in [-0.1, -0.05) is 15.9 Å². The van der Waals surface area contributed by atoms with E-state index in [2.05, 4.69) is 37.9 Å². The summed E-state index contributed by atoms with van der Waals surface area (Å²) in [5.74, 6) is -0.489. The molecule has 0 bridgehead atoms. The summed E-state index contributed by atoms with van der Waals surface area (Å²) in [6.07, 6.45) is 5.59. The highest BCUT2D eigenvalue weighted by atomic mass is 79.9. The van der Waals surface area contributed by atoms with Crippen molar-refractivity contribution in [3.8, 4) is 17.8 Å². The van der Waals surface area contributed by atoms with E-state index in [1.54, 1.807) is 6.08 Å². The highest BCUT2D eigenvalue weighted by Gasteiger charge is 2.23. The highest BCUT2D eigenvalue weighted by Crippen LogP contribution is 2.38. The maximum absolute atomic E-state index is 13.0. The van der Waals surface area contributed by atoms with Crippen molar-refractivity contribution in [3.63, 3.8) is 0 Å². The number of hydrogen-bond donors (Lipinski definition) is 1. The number of fused-ring (bicyclic) bond motifs is 1. The molecule has 0 fully saturated rings. The number of halogens is 1. The zero-order valence-electron chi connectivity index (χ0n) is 18.8. The Morgan fingerprint density at radius 1 is 1.18 bits per heavy atom. The van der Waals surface area contributed by atoms with Gasteiger partial charge in [0.05, 0.1) is 5.56 Å². The van der Waals surface area contributed by atoms with Crippen LogP contribution >= 0.6 is 27.3 Å². The van der Waals surface area contributed by atoms with Crippen molar-refractivity contribution in [2.75, 3.05) is 5.32 Å². The van der Waals surface area contributed by atoms with Gasteiger partial charge < -0.3 is 9.88 Å². The normalized spacial score (nSPS) is 13.2. The van der Waals surface area contributed by atoms with Crippen molar-refractivity contribution in [3.05, 3.63) is 72.8 Å². The molecule has 1 aliphatic rings. The molecule has 0 radical (unpaired) electrons. The molecule has 166 valence electrons. The molecule has 3 aromatic rings. The van der Waals surface area contributed by atoms with E-state index in [-0.39, 0.29) is 5.57 Å². The Kier molecular flexibility index (Phi) is 6.56. The first-order valence-electron chi connectivity index (χ1n) is 10.8. The maximum Gasteiger partial charge on any atom is 0.266 e. The third-order valence-corrected chi connectivity index (χ3v) is 8.14. The van der Waals surface area contributed by atoms with Crippen LogP contribution in [0.5, 0.6) is 0 Å². The molecule has 0 unspecified atom stereocenters. The van der Waals surface area contributed by atoms with Crippen LogP contribution in [0.1, 0.15) is 51.4 Å². The van der Waals surface area contributed by atoms with Crippen LogP contribution in [-0.4, -0.2) is 10.5 Å². The van der Waals surface area contributed by atoms with E-state index in [0.717, 1.165) is 63.9 Å². The van der Waals surface area contributed by atoms with E-state index in [1.807, 2.05) is 45.0 Å². The van der Waals surface area contributed by atoms with Gasteiger partial charge in [-0.3, -0.25) is 4.79 Å². The van der Waals surface area contributed by atoms with Crippen LogP contribution in [0.3, 0.4) is 0 Å². The van der Waals surface area contributed by atoms with Crippen molar-refractivity contribution in [1.29, 1.82) is 10.5 Å². The van der Waals surface area contributed by atoms with Gasteiger partial charge in [-0.05, 0) is 93.5 Å². The fourth-order valence-electron chi connectivity index (χ4n) is 4.35. The predicted molar refractivity (Wildman–Crippen MR) is 136 cm³/mol. The van der Waals surface area contributed by atoms with Gasteiger partial charge in [0.15, 0.2) is 0 Å². The van der Waals surface area contributed by atoms with Crippen LogP contribution in [0.25, 0.3) is 11.8 Å². The van der Waals surface area contributed by atoms with E-state index in [1.165, 1.54) is 16.2 Å². The molecule has 4 rings (SSSR count). The lowest BCUT2D eigenvalue weighted by molar-refractivity contribution is -0.112. The van der Waals surface area contributed by atoms with Crippen LogP contribution in [-0.2, 0) is 17.6 Å². The topological polar surface area (TPSA) is 81.6 Å². The van der Waals surface area contributed by atoms with Crippen LogP contribution in [0, 0.1) is 43.4 Å². The lowest BCUT2D eigenvalue weighted by Crippen LogP contribution is -2.13. The van der Waals surface area contributed by atoms with Gasteiger partial charge in [0.1, 0.15) is 22.7 Å². The van der Waals surface area contributed by atoms with Gasteiger partial charge in [-0.25, -0.2) is 0 Å². The van der Waals surface area contributed by atoms with Crippen molar-refractivity contribution in [2.24, 2.45) is 0 Å². The SMILES string of the molecule is Cc1cc(-n2c(C)cc(/C=C(\C#N)C(=O)Nc3sc4c(c3C#N)CCCC4)c2C)ccc1Br. The summed E-state index contributed by atoms with van der Waals surface area (Å²) >= 11 is 5.00. The summed E-state index contributed by atoms with van der Waals surface area (Å²) < 4.78 is 3.16. The Hall–Kier alpha value is -3.13. The molecular weight excluding hydrogens is 496 g/mol. The predicted octanol–water partition coefficient (Wildman–Crippen LogP) is 6.52. The molecule has 1 amide bonds. The Labute approximate surface area is 206 Å². The van der Waals surface area contributed by atoms with Gasteiger partial charge >= 0.3 is 0 Å². The second-order valence-corrected chi connectivity index (χ2v) is 10.2. The van der Waals surface area contributed by atoms with Crippen LogP contribution in [0.4, 0.5) is 5.00 Å². The fraction of sp³-hybridized carbons (Fsp3) is 0.269. The van der Waals surface area contributed by atoms with E-state index < -0.39 is 5.91 Å². The van der Waals surface area contributed by atoms with Crippen molar-refractivity contribution < 1.29 is 4.79 Å². The number of aryl methyl sites for hydroxylation is 3. The van der Waals surface area contributed by atoms with E-state index in [0.29, 0.717) is 10.6 Å². The number of thiophene rings is 1. The van der Waals surface area contributed by atoms with Gasteiger partial charge in [0, 0.05) is 26.4 Å². The van der Waals surface area contributed by atoms with Gasteiger partial charge in [0.2, 0.25) is 0 Å². The monoisotopic (exact) mass is 518 g/mol. The summed E-state index contributed by atoms with van der Waals surface area (Å²) in [4.78, 5) is 14.1. The quantitative estimate of drug-likeness (QED) is 0.315. The summed E-state index contributed by atoms with van der Waals surface area (Å²) in [6.45, 7) is 6.02. The molecule has 0 saturated heterocycles. The maximum atomic E-state index is 13.0. The second kappa shape index (κ2) is 9.39. The fourth-order valence-corrected chi connectivity index (χ4v) is 5.83. The number of anilines is 1. The number of nitriles is 2. The zero-order valence-corrected chi connectivity index (χ0v) is 21.2. The number of rotatable bonds is 4. The highest BCUT2D eigenvalue weighted by molar-refractivity contribution is 9.10. The molecule has 1 N–H and O–H groups in total. The number of hydrogen-bond acceptors (Lipinski definition) is 4. The number of nitrogens with zero attached hydrogens (tertiary/aromatic N) is 3. The third kappa shape index (κ3) is 4.39. The number of nitrogens with one attached hydrogen (secondary N) is 1. The Morgan fingerprint density at radius 2 is 1.94 bits per heavy atom. The standard InChI is InChI=1S/C26H23BrN4OS/c1-15-10-20(8-9-23(15)27)31-16(2)11-18(17(31)3)12-19(13-28)25(32)30-26-22(14-29)21-6-4-5-7-24(21)33-26/h8-12H,4-7H2,1-3H3,(H,30,32)/b19-12+. The van der Waals surface area contributed by atoms with E-state index in [9.17, 15) is 15.3 Å². The van der Waals surface area contributed by atoms with E-state index in [4.69, 9.17) is 0 Å². The number of carbonyl (C=O) groups excluding carboxylic acids is 1. The van der Waals surface area contributed by atoms with Crippen LogP contribution in [0.15, 0.2) is 34.3 Å². The Bertz CT molecular complexity index is 1380. The molecule has 1 aliphatic carbocycles. The Morgan fingerprint density at radius 3 is 2.64 bits per heavy atom. The molecule has 1 aromatic carbocycles. The molecule has 5 nitrogen and oxygen atoms in total. The van der Waals surface area contributed by atoms with Gasteiger partial charge in [-0.15, -0.1) is 11.3 Å². The number of benzene rings is 1. The Balaban J connectivity index is 1.66. The largest absolute Gasteiger partial charge is 0.318 e. The summed E-state index contributed by atoms with van der Waals surface area (Å²) in [5, 5.41) is 22.7. The van der Waals surface area contributed by atoms with Crippen molar-refractivity contribution >= 4 is 44.3 Å². The average Bonchev–Trinajstić information content (AvgIpc) is 3.29. The summed E-state index contributed by atoms with van der Waals surface area (Å²) in [5.41, 5.74) is 6.53. The lowest BCUT2D eigenvalue weighted by atomic mass is 9.96. The minimum Gasteiger partial charge on any atom is -0.318 e. The number of amides is 1. The molecule has 2 aromatic heterocycles. The molecule has 7 heteroatoms. The first-order valence-corrected chi connectivity index (χ1v) is 12.4. The number of carbonyl (C=O) groups is 1. The first kappa shape index (κ1) is 23.0. The van der Waals surface area contributed by atoms with Crippen molar-refractivity contribution in [2.45, 2.75) is 46.5 Å². The van der Waals surface area contributed by atoms with E-state index >= 15 is 0 Å². The molecule has 0 atom stereocenters. The average molecular weight is 519 g/mol. The third-order valence-electron chi connectivity index (χ3n) is 6.05. The van der Waals surface area contributed by atoms with Crippen LogP contribution < -0.4 is 5.32 Å². The first-order chi connectivity index (χ1) is 15.8. The van der Waals surface area contributed by atoms with Crippen molar-refractivity contribution in [1.82, 2.24) is 4.57 Å². The smallest absolute Gasteiger partial charge is 0.266 e. The molecule has 0 spiro atoms. The molecule has 0 saturated carbocycles. The summed E-state index contributed by atoms with van der Waals surface area (Å²) in [7, 11) is 0. The molecule has 0 aliphatic heterocycles.